The van der Waals surface area contributed by atoms with Crippen molar-refractivity contribution in [1.29, 1.82) is 0 Å². The molecule has 3 N–H and O–H groups in total. The Kier molecular flexibility index (Phi) is 3.52. The van der Waals surface area contributed by atoms with Gasteiger partial charge in [-0.1, -0.05) is 0 Å². The van der Waals surface area contributed by atoms with Crippen LogP contribution < -0.4 is 11.1 Å². The van der Waals surface area contributed by atoms with Crippen molar-refractivity contribution in [2.45, 2.75) is 0 Å². The molecule has 2 rings (SSSR count). The minimum absolute atomic E-state index is 0.422. The van der Waals surface area contributed by atoms with Gasteiger partial charge in [0.05, 0.1) is 16.6 Å². The Morgan fingerprint density at radius 2 is 1.90 bits per heavy atom. The predicted octanol–water partition coefficient (Wildman–Crippen LogP) is -0.585. The largest absolute Gasteiger partial charge is 0.393 e. The third kappa shape index (κ3) is 2.78. The first kappa shape index (κ1) is 14.4. The fourth-order valence-electron chi connectivity index (χ4n) is 1.88. The van der Waals surface area contributed by atoms with Gasteiger partial charge in [-0.25, -0.2) is 4.39 Å². The fourth-order valence-corrected chi connectivity index (χ4v) is 1.88. The van der Waals surface area contributed by atoms with Gasteiger partial charge in [0, 0.05) is 0 Å². The molecule has 1 heterocycles. The number of imide groups is 1. The van der Waals surface area contributed by atoms with Crippen LogP contribution in [0.5, 0.6) is 0 Å². The average molecular weight is 296 g/mol. The van der Waals surface area contributed by atoms with E-state index in [1.165, 1.54) is 0 Å². The molecule has 10 heteroatoms. The summed E-state index contributed by atoms with van der Waals surface area (Å²) in [5.41, 5.74) is 3.74. The molecule has 0 spiro atoms. The Bertz CT molecular complexity index is 659. The normalized spacial score (nSPS) is 14.8. The molecule has 0 radical (unpaired) electrons. The van der Waals surface area contributed by atoms with Crippen LogP contribution in [0.3, 0.4) is 0 Å². The lowest BCUT2D eigenvalue weighted by molar-refractivity contribution is -0.384. The molecule has 0 aromatic heterocycles. The summed E-state index contributed by atoms with van der Waals surface area (Å²) >= 11 is 0. The molecule has 0 atom stereocenters. The van der Waals surface area contributed by atoms with Crippen LogP contribution in [-0.4, -0.2) is 40.6 Å². The van der Waals surface area contributed by atoms with E-state index in [0.29, 0.717) is 6.07 Å². The summed E-state index contributed by atoms with van der Waals surface area (Å²) in [7, 11) is 0. The Morgan fingerprint density at radius 3 is 2.43 bits per heavy atom. The van der Waals surface area contributed by atoms with E-state index in [0.717, 1.165) is 11.0 Å². The predicted molar refractivity (Wildman–Crippen MR) is 66.5 cm³/mol. The molecule has 0 aliphatic carbocycles. The summed E-state index contributed by atoms with van der Waals surface area (Å²) in [5.74, 6) is -3.36. The number of nitro benzene ring substituents is 1. The van der Waals surface area contributed by atoms with Crippen LogP contribution in [0.2, 0.25) is 0 Å². The van der Waals surface area contributed by atoms with Crippen molar-refractivity contribution in [1.82, 2.24) is 10.2 Å². The summed E-state index contributed by atoms with van der Waals surface area (Å²) in [5, 5.41) is 12.7. The van der Waals surface area contributed by atoms with Crippen molar-refractivity contribution in [3.8, 4) is 0 Å². The summed E-state index contributed by atoms with van der Waals surface area (Å²) in [6.45, 7) is -0.845. The number of rotatable bonds is 2. The van der Waals surface area contributed by atoms with E-state index in [-0.39, 0.29) is 0 Å². The van der Waals surface area contributed by atoms with Crippen molar-refractivity contribution in [3.05, 3.63) is 33.6 Å². The van der Waals surface area contributed by atoms with E-state index in [1.54, 1.807) is 0 Å². The van der Waals surface area contributed by atoms with Crippen LogP contribution in [0.25, 0.3) is 0 Å². The summed E-state index contributed by atoms with van der Waals surface area (Å²) in [6.07, 6.45) is 0. The molecule has 0 bridgehead atoms. The molecule has 1 aliphatic rings. The Labute approximate surface area is 116 Å². The van der Waals surface area contributed by atoms with Crippen LogP contribution >= 0.6 is 0 Å². The van der Waals surface area contributed by atoms with Crippen LogP contribution in [0, 0.1) is 15.9 Å². The molecular weight excluding hydrogens is 287 g/mol. The number of carbonyl (C=O) groups excluding carboxylic acids is 3. The number of nitrogens with zero attached hydrogens (tertiary/aromatic N) is 2. The van der Waals surface area contributed by atoms with Crippen molar-refractivity contribution in [2.24, 2.45) is 0 Å². The molecule has 1 aromatic carbocycles. The average Bonchev–Trinajstić information content (AvgIpc) is 2.38. The van der Waals surface area contributed by atoms with E-state index in [1.807, 2.05) is 5.32 Å². The molecule has 1 aromatic rings. The molecule has 3 amide bonds. The van der Waals surface area contributed by atoms with Gasteiger partial charge < -0.3 is 10.6 Å². The highest BCUT2D eigenvalue weighted by Gasteiger charge is 2.30. The number of piperazine rings is 1. The number of nitro groups is 1. The second-order valence-electron chi connectivity index (χ2n) is 4.28. The Balaban J connectivity index is 2.41. The smallest absolute Gasteiger partial charge is 0.295 e. The maximum Gasteiger partial charge on any atom is 0.295 e. The topological polar surface area (TPSA) is 136 Å². The number of amides is 3. The number of halogens is 1. The molecule has 110 valence electrons. The molecule has 1 fully saturated rings. The molecule has 1 saturated heterocycles. The number of hydrogen-bond donors (Lipinski definition) is 2. The number of nitrogens with two attached hydrogens (primary N) is 1. The van der Waals surface area contributed by atoms with Gasteiger partial charge >= 0.3 is 0 Å². The molecule has 0 saturated carbocycles. The Hall–Kier alpha value is -3.04. The second-order valence-corrected chi connectivity index (χ2v) is 4.28. The standard InChI is InChI=1S/C11H9FN4O5/c12-5-1-6(10(13)7(2-5)16(20)21)11(19)15-3-8(17)14-9(18)4-15/h1-2H,3-4,13H2,(H,14,17,18). The van der Waals surface area contributed by atoms with Gasteiger partial charge in [-0.05, 0) is 6.07 Å². The first-order valence-corrected chi connectivity index (χ1v) is 5.65. The highest BCUT2D eigenvalue weighted by Crippen LogP contribution is 2.27. The van der Waals surface area contributed by atoms with Crippen LogP contribution in [-0.2, 0) is 9.59 Å². The van der Waals surface area contributed by atoms with E-state index >= 15 is 0 Å². The zero-order chi connectivity index (χ0) is 15.7. The maximum atomic E-state index is 13.4. The van der Waals surface area contributed by atoms with E-state index in [9.17, 15) is 28.9 Å². The van der Waals surface area contributed by atoms with Gasteiger partial charge in [0.25, 0.3) is 11.6 Å². The van der Waals surface area contributed by atoms with Crippen LogP contribution in [0.15, 0.2) is 12.1 Å². The molecule has 21 heavy (non-hydrogen) atoms. The van der Waals surface area contributed by atoms with Crippen molar-refractivity contribution in [3.63, 3.8) is 0 Å². The van der Waals surface area contributed by atoms with Crippen molar-refractivity contribution >= 4 is 29.1 Å². The minimum atomic E-state index is -1.02. The lowest BCUT2D eigenvalue weighted by Crippen LogP contribution is -2.53. The highest BCUT2D eigenvalue weighted by molar-refractivity contribution is 6.08. The number of anilines is 1. The second kappa shape index (κ2) is 5.15. The lowest BCUT2D eigenvalue weighted by Gasteiger charge is -2.25. The van der Waals surface area contributed by atoms with Gasteiger partial charge in [-0.2, -0.15) is 0 Å². The van der Waals surface area contributed by atoms with Crippen LogP contribution in [0.1, 0.15) is 10.4 Å². The third-order valence-electron chi connectivity index (χ3n) is 2.79. The first-order chi connectivity index (χ1) is 9.79. The number of hydrogen-bond acceptors (Lipinski definition) is 6. The number of carbonyl (C=O) groups is 3. The lowest BCUT2D eigenvalue weighted by atomic mass is 10.1. The maximum absolute atomic E-state index is 13.4. The third-order valence-corrected chi connectivity index (χ3v) is 2.79. The van der Waals surface area contributed by atoms with Gasteiger partial charge in [0.1, 0.15) is 24.6 Å². The SMILES string of the molecule is Nc1c(C(=O)N2CC(=O)NC(=O)C2)cc(F)cc1[N+](=O)[O-]. The molecule has 1 aliphatic heterocycles. The van der Waals surface area contributed by atoms with Crippen LogP contribution in [0.4, 0.5) is 15.8 Å². The number of nitrogens with one attached hydrogen (secondary N) is 1. The van der Waals surface area contributed by atoms with E-state index in [4.69, 9.17) is 5.73 Å². The van der Waals surface area contributed by atoms with Crippen molar-refractivity contribution < 1.29 is 23.7 Å². The van der Waals surface area contributed by atoms with Gasteiger partial charge in [-0.3, -0.25) is 29.8 Å². The first-order valence-electron chi connectivity index (χ1n) is 5.65. The van der Waals surface area contributed by atoms with E-state index in [2.05, 4.69) is 0 Å². The number of benzene rings is 1. The molecule has 0 unspecified atom stereocenters. The van der Waals surface area contributed by atoms with E-state index < -0.39 is 58.5 Å². The zero-order valence-electron chi connectivity index (χ0n) is 10.5. The quantitative estimate of drug-likeness (QED) is 0.324. The zero-order valence-corrected chi connectivity index (χ0v) is 10.5. The molecule has 9 nitrogen and oxygen atoms in total. The van der Waals surface area contributed by atoms with Gasteiger partial charge in [0.15, 0.2) is 0 Å². The highest BCUT2D eigenvalue weighted by atomic mass is 19.1. The summed E-state index contributed by atoms with van der Waals surface area (Å²) in [6, 6.07) is 1.31. The monoisotopic (exact) mass is 296 g/mol. The fraction of sp³-hybridized carbons (Fsp3) is 0.182. The molecular formula is C11H9FN4O5. The Morgan fingerprint density at radius 1 is 1.33 bits per heavy atom. The summed E-state index contributed by atoms with van der Waals surface area (Å²) in [4.78, 5) is 45.2. The van der Waals surface area contributed by atoms with Gasteiger partial charge in [-0.15, -0.1) is 0 Å². The summed E-state index contributed by atoms with van der Waals surface area (Å²) < 4.78 is 13.4. The number of nitrogen functional groups attached to an aromatic ring is 1. The van der Waals surface area contributed by atoms with Gasteiger partial charge in [0.2, 0.25) is 11.8 Å². The van der Waals surface area contributed by atoms with Crippen molar-refractivity contribution in [2.75, 3.05) is 18.8 Å². The minimum Gasteiger partial charge on any atom is -0.393 e.